The summed E-state index contributed by atoms with van der Waals surface area (Å²) in [6, 6.07) is 7.28. The summed E-state index contributed by atoms with van der Waals surface area (Å²) in [6.07, 6.45) is -5.08. The van der Waals surface area contributed by atoms with Crippen molar-refractivity contribution in [3.63, 3.8) is 0 Å². The van der Waals surface area contributed by atoms with Gasteiger partial charge in [-0.3, -0.25) is 9.69 Å². The van der Waals surface area contributed by atoms with Gasteiger partial charge in [0.05, 0.1) is 23.4 Å². The molecule has 33 heavy (non-hydrogen) atoms. The molecule has 11 heteroatoms. The second-order valence-corrected chi connectivity index (χ2v) is 8.18. The average Bonchev–Trinajstić information content (AvgIpc) is 2.77. The van der Waals surface area contributed by atoms with Gasteiger partial charge in [0.2, 0.25) is 0 Å². The number of rotatable bonds is 7. The maximum absolute atomic E-state index is 14.5. The van der Waals surface area contributed by atoms with Crippen LogP contribution in [0.25, 0.3) is 0 Å². The molecule has 0 spiro atoms. The van der Waals surface area contributed by atoms with Gasteiger partial charge < -0.3 is 15.5 Å². The van der Waals surface area contributed by atoms with Gasteiger partial charge in [-0.05, 0) is 31.3 Å². The van der Waals surface area contributed by atoms with E-state index in [2.05, 4.69) is 10.6 Å². The number of carbonyl (C=O) groups excluding carboxylic acids is 1. The molecular weight excluding hydrogens is 467 g/mol. The number of amides is 1. The van der Waals surface area contributed by atoms with Crippen molar-refractivity contribution in [1.82, 2.24) is 10.2 Å². The first kappa shape index (κ1) is 25.2. The van der Waals surface area contributed by atoms with Gasteiger partial charge in [-0.2, -0.15) is 13.2 Å². The molecule has 1 aliphatic heterocycles. The summed E-state index contributed by atoms with van der Waals surface area (Å²) < 4.78 is 66.2. The minimum absolute atomic E-state index is 0.0785. The molecule has 0 bridgehead atoms. The number of nitrogens with one attached hydrogen (secondary N) is 2. The van der Waals surface area contributed by atoms with Crippen LogP contribution >= 0.6 is 11.6 Å². The Kier molecular flexibility index (Phi) is 8.14. The average molecular weight is 491 g/mol. The third-order valence-corrected chi connectivity index (χ3v) is 5.64. The maximum atomic E-state index is 14.5. The van der Waals surface area contributed by atoms with Crippen LogP contribution in [0.15, 0.2) is 30.3 Å². The Morgan fingerprint density at radius 1 is 1.06 bits per heavy atom. The number of anilines is 2. The molecule has 0 radical (unpaired) electrons. The monoisotopic (exact) mass is 490 g/mol. The molecule has 2 aromatic carbocycles. The van der Waals surface area contributed by atoms with Crippen LogP contribution in [0.1, 0.15) is 22.3 Å². The first-order valence-electron chi connectivity index (χ1n) is 10.4. The Bertz CT molecular complexity index is 993. The number of hydrogen-bond acceptors (Lipinski definition) is 4. The summed E-state index contributed by atoms with van der Waals surface area (Å²) in [4.78, 5) is 16.3. The van der Waals surface area contributed by atoms with Crippen molar-refractivity contribution >= 4 is 28.9 Å². The molecule has 3 rings (SSSR count). The number of piperazine rings is 1. The minimum Gasteiger partial charge on any atom is -0.367 e. The van der Waals surface area contributed by atoms with Crippen LogP contribution in [0.2, 0.25) is 5.02 Å². The lowest BCUT2D eigenvalue weighted by atomic mass is 10.1. The normalized spacial score (nSPS) is 15.1. The lowest BCUT2D eigenvalue weighted by Crippen LogP contribution is -2.47. The quantitative estimate of drug-likeness (QED) is 0.554. The first-order chi connectivity index (χ1) is 15.6. The Morgan fingerprint density at radius 3 is 2.39 bits per heavy atom. The van der Waals surface area contributed by atoms with Crippen molar-refractivity contribution in [3.8, 4) is 0 Å². The second-order valence-electron chi connectivity index (χ2n) is 7.74. The fourth-order valence-corrected chi connectivity index (χ4v) is 3.82. The van der Waals surface area contributed by atoms with Gasteiger partial charge >= 0.3 is 6.18 Å². The summed E-state index contributed by atoms with van der Waals surface area (Å²) in [7, 11) is 1.59. The molecule has 1 fully saturated rings. The zero-order valence-electron chi connectivity index (χ0n) is 17.9. The van der Waals surface area contributed by atoms with E-state index in [-0.39, 0.29) is 18.7 Å². The van der Waals surface area contributed by atoms with E-state index in [9.17, 15) is 26.7 Å². The molecule has 0 unspecified atom stereocenters. The van der Waals surface area contributed by atoms with Crippen molar-refractivity contribution in [3.05, 3.63) is 58.1 Å². The highest BCUT2D eigenvalue weighted by molar-refractivity contribution is 6.31. The van der Waals surface area contributed by atoms with Gasteiger partial charge in [0, 0.05) is 49.9 Å². The molecule has 2 aromatic rings. The van der Waals surface area contributed by atoms with Crippen molar-refractivity contribution in [2.45, 2.75) is 19.1 Å². The van der Waals surface area contributed by atoms with Crippen LogP contribution in [0.5, 0.6) is 0 Å². The molecule has 180 valence electrons. The van der Waals surface area contributed by atoms with Crippen LogP contribution in [0.3, 0.4) is 0 Å². The highest BCUT2D eigenvalue weighted by atomic mass is 35.5. The maximum Gasteiger partial charge on any atom is 0.390 e. The fourth-order valence-electron chi connectivity index (χ4n) is 3.65. The molecular formula is C22H24ClF5N4O. The van der Waals surface area contributed by atoms with Crippen molar-refractivity contribution in [2.24, 2.45) is 0 Å². The van der Waals surface area contributed by atoms with Crippen LogP contribution in [0, 0.1) is 11.6 Å². The topological polar surface area (TPSA) is 47.6 Å². The summed E-state index contributed by atoms with van der Waals surface area (Å²) in [5.41, 5.74) is 0.554. The van der Waals surface area contributed by atoms with Crippen molar-refractivity contribution < 1.29 is 26.7 Å². The van der Waals surface area contributed by atoms with Crippen LogP contribution in [-0.2, 0) is 6.54 Å². The number of hydrogen-bond donors (Lipinski definition) is 2. The highest BCUT2D eigenvalue weighted by Gasteiger charge is 2.29. The van der Waals surface area contributed by atoms with Crippen LogP contribution in [-0.4, -0.2) is 56.8 Å². The van der Waals surface area contributed by atoms with E-state index in [1.807, 2.05) is 4.90 Å². The first-order valence-corrected chi connectivity index (χ1v) is 10.7. The molecule has 1 amide bonds. The number of alkyl halides is 3. The van der Waals surface area contributed by atoms with E-state index < -0.39 is 35.7 Å². The summed E-state index contributed by atoms with van der Waals surface area (Å²) >= 11 is 6.12. The third-order valence-electron chi connectivity index (χ3n) is 5.41. The lowest BCUT2D eigenvalue weighted by molar-refractivity contribution is -0.138. The Balaban J connectivity index is 1.73. The zero-order chi connectivity index (χ0) is 24.2. The van der Waals surface area contributed by atoms with Gasteiger partial charge in [-0.15, -0.1) is 0 Å². The molecule has 2 N–H and O–H groups in total. The zero-order valence-corrected chi connectivity index (χ0v) is 18.7. The fraction of sp³-hybridized carbons (Fsp3) is 0.409. The van der Waals surface area contributed by atoms with Gasteiger partial charge in [-0.25, -0.2) is 8.78 Å². The molecule has 1 heterocycles. The molecule has 0 saturated carbocycles. The number of benzene rings is 2. The van der Waals surface area contributed by atoms with E-state index in [4.69, 9.17) is 11.6 Å². The second kappa shape index (κ2) is 10.7. The standard InChI is InChI=1S/C22H24ClF5N4O/c1-29-13-14-2-4-16(20(25)19(14)24)21(33)30-17-5-3-15(23)12-18(17)32-10-8-31(9-11-32)7-6-22(26,27)28/h2-5,12,29H,6-11,13H2,1H3,(H,30,33). The Morgan fingerprint density at radius 2 is 1.76 bits per heavy atom. The molecule has 5 nitrogen and oxygen atoms in total. The predicted octanol–water partition coefficient (Wildman–Crippen LogP) is 4.66. The summed E-state index contributed by atoms with van der Waals surface area (Å²) in [5.74, 6) is -3.16. The summed E-state index contributed by atoms with van der Waals surface area (Å²) in [6.45, 7) is 1.68. The van der Waals surface area contributed by atoms with E-state index >= 15 is 0 Å². The molecule has 0 aromatic heterocycles. The lowest BCUT2D eigenvalue weighted by Gasteiger charge is -2.37. The van der Waals surface area contributed by atoms with E-state index in [1.54, 1.807) is 30.1 Å². The van der Waals surface area contributed by atoms with Gasteiger partial charge in [-0.1, -0.05) is 17.7 Å². The van der Waals surface area contributed by atoms with E-state index in [0.29, 0.717) is 42.6 Å². The molecule has 0 atom stereocenters. The van der Waals surface area contributed by atoms with Gasteiger partial charge in [0.25, 0.3) is 5.91 Å². The number of halogens is 6. The molecule has 1 aliphatic rings. The van der Waals surface area contributed by atoms with E-state index in [0.717, 1.165) is 0 Å². The number of nitrogens with zero attached hydrogens (tertiary/aromatic N) is 2. The SMILES string of the molecule is CNCc1ccc(C(=O)Nc2ccc(Cl)cc2N2CCN(CCC(F)(F)F)CC2)c(F)c1F. The minimum atomic E-state index is -4.21. The molecule has 0 aliphatic carbocycles. The molecule has 1 saturated heterocycles. The third kappa shape index (κ3) is 6.55. The van der Waals surface area contributed by atoms with Crippen molar-refractivity contribution in [1.29, 1.82) is 0 Å². The van der Waals surface area contributed by atoms with Crippen molar-refractivity contribution in [2.75, 3.05) is 50.0 Å². The van der Waals surface area contributed by atoms with E-state index in [1.165, 1.54) is 12.1 Å². The predicted molar refractivity (Wildman–Crippen MR) is 118 cm³/mol. The highest BCUT2D eigenvalue weighted by Crippen LogP contribution is 2.31. The smallest absolute Gasteiger partial charge is 0.367 e. The van der Waals surface area contributed by atoms with Gasteiger partial charge in [0.15, 0.2) is 11.6 Å². The Hall–Kier alpha value is -2.43. The largest absolute Gasteiger partial charge is 0.390 e. The van der Waals surface area contributed by atoms with Crippen LogP contribution in [0.4, 0.5) is 33.3 Å². The Labute approximate surface area is 193 Å². The number of carbonyl (C=O) groups is 1. The van der Waals surface area contributed by atoms with Gasteiger partial charge in [0.1, 0.15) is 0 Å². The van der Waals surface area contributed by atoms with Crippen LogP contribution < -0.4 is 15.5 Å². The summed E-state index contributed by atoms with van der Waals surface area (Å²) in [5, 5.41) is 5.73.